The van der Waals surface area contributed by atoms with Gasteiger partial charge in [-0.1, -0.05) is 33.6 Å². The second-order valence-electron chi connectivity index (χ2n) is 4.48. The number of benzene rings is 2. The van der Waals surface area contributed by atoms with E-state index in [1.165, 1.54) is 0 Å². The summed E-state index contributed by atoms with van der Waals surface area (Å²) in [6.07, 6.45) is 0. The molecule has 0 fully saturated rings. The molecule has 21 heavy (non-hydrogen) atoms. The highest BCUT2D eigenvalue weighted by molar-refractivity contribution is 9.10. The van der Waals surface area contributed by atoms with Crippen LogP contribution in [0.1, 0.15) is 18.1 Å². The van der Waals surface area contributed by atoms with Crippen LogP contribution in [0.5, 0.6) is 5.75 Å². The molecule has 0 aromatic heterocycles. The third-order valence-electron chi connectivity index (χ3n) is 3.00. The van der Waals surface area contributed by atoms with E-state index in [4.69, 9.17) is 27.9 Å². The van der Waals surface area contributed by atoms with Gasteiger partial charge in [-0.25, -0.2) is 0 Å². The second-order valence-corrected chi connectivity index (χ2v) is 6.07. The fourth-order valence-electron chi connectivity index (χ4n) is 1.95. The third kappa shape index (κ3) is 4.53. The van der Waals surface area contributed by atoms with E-state index in [1.807, 2.05) is 43.3 Å². The highest BCUT2D eigenvalue weighted by Crippen LogP contribution is 2.26. The number of ether oxygens (including phenoxy) is 1. The Morgan fingerprint density at radius 3 is 2.62 bits per heavy atom. The van der Waals surface area contributed by atoms with Crippen LogP contribution in [-0.2, 0) is 12.4 Å². The summed E-state index contributed by atoms with van der Waals surface area (Å²) in [5.41, 5.74) is 3.01. The lowest BCUT2D eigenvalue weighted by Crippen LogP contribution is -2.02. The van der Waals surface area contributed by atoms with E-state index in [-0.39, 0.29) is 0 Å². The van der Waals surface area contributed by atoms with Gasteiger partial charge in [0, 0.05) is 27.3 Å². The first kappa shape index (κ1) is 16.5. The van der Waals surface area contributed by atoms with Crippen LogP contribution in [0.4, 0.5) is 5.69 Å². The molecule has 0 unspecified atom stereocenters. The van der Waals surface area contributed by atoms with Crippen LogP contribution in [-0.4, -0.2) is 6.61 Å². The molecule has 0 bridgehead atoms. The SMILES string of the molecule is CCOc1ccc(NCc2ccc(Br)cc2Cl)cc1CCl. The van der Waals surface area contributed by atoms with Crippen molar-refractivity contribution in [1.29, 1.82) is 0 Å². The average molecular weight is 389 g/mol. The quantitative estimate of drug-likeness (QED) is 0.626. The van der Waals surface area contributed by atoms with Gasteiger partial charge in [-0.15, -0.1) is 11.6 Å². The Morgan fingerprint density at radius 1 is 1.14 bits per heavy atom. The summed E-state index contributed by atoms with van der Waals surface area (Å²) < 4.78 is 6.51. The predicted octanol–water partition coefficient (Wildman–Crippen LogP) is 5.85. The third-order valence-corrected chi connectivity index (χ3v) is 4.14. The van der Waals surface area contributed by atoms with E-state index in [2.05, 4.69) is 21.2 Å². The Hall–Kier alpha value is -0.900. The number of halogens is 3. The lowest BCUT2D eigenvalue weighted by atomic mass is 10.2. The largest absolute Gasteiger partial charge is 0.494 e. The van der Waals surface area contributed by atoms with Gasteiger partial charge in [0.15, 0.2) is 0 Å². The minimum absolute atomic E-state index is 0.421. The van der Waals surface area contributed by atoms with Crippen molar-refractivity contribution >= 4 is 44.8 Å². The number of nitrogens with one attached hydrogen (secondary N) is 1. The second kappa shape index (κ2) is 7.92. The van der Waals surface area contributed by atoms with Crippen LogP contribution < -0.4 is 10.1 Å². The molecule has 0 amide bonds. The van der Waals surface area contributed by atoms with Crippen molar-refractivity contribution in [3.05, 3.63) is 57.0 Å². The van der Waals surface area contributed by atoms with E-state index in [0.29, 0.717) is 19.0 Å². The molecular formula is C16H16BrCl2NO. The topological polar surface area (TPSA) is 21.3 Å². The first-order valence-electron chi connectivity index (χ1n) is 6.63. The molecule has 2 aromatic rings. The van der Waals surface area contributed by atoms with E-state index in [1.54, 1.807) is 0 Å². The maximum absolute atomic E-state index is 6.21. The monoisotopic (exact) mass is 387 g/mol. The zero-order valence-corrected chi connectivity index (χ0v) is 14.7. The van der Waals surface area contributed by atoms with Gasteiger partial charge in [0.2, 0.25) is 0 Å². The predicted molar refractivity (Wildman–Crippen MR) is 93.6 cm³/mol. The van der Waals surface area contributed by atoms with Crippen LogP contribution in [0.15, 0.2) is 40.9 Å². The van der Waals surface area contributed by atoms with Gasteiger partial charge in [0.25, 0.3) is 0 Å². The van der Waals surface area contributed by atoms with Gasteiger partial charge in [-0.2, -0.15) is 0 Å². The first-order chi connectivity index (χ1) is 10.1. The number of hydrogen-bond donors (Lipinski definition) is 1. The molecule has 0 atom stereocenters. The summed E-state index contributed by atoms with van der Waals surface area (Å²) in [4.78, 5) is 0. The zero-order chi connectivity index (χ0) is 15.2. The van der Waals surface area contributed by atoms with Crippen molar-refractivity contribution in [2.24, 2.45) is 0 Å². The molecule has 0 aliphatic heterocycles. The van der Waals surface area contributed by atoms with Crippen molar-refractivity contribution in [2.75, 3.05) is 11.9 Å². The zero-order valence-electron chi connectivity index (χ0n) is 11.6. The van der Waals surface area contributed by atoms with Crippen molar-refractivity contribution < 1.29 is 4.74 Å². The molecule has 5 heteroatoms. The fraction of sp³-hybridized carbons (Fsp3) is 0.250. The van der Waals surface area contributed by atoms with Crippen molar-refractivity contribution in [2.45, 2.75) is 19.3 Å². The molecule has 2 nitrogen and oxygen atoms in total. The van der Waals surface area contributed by atoms with Crippen LogP contribution in [0.3, 0.4) is 0 Å². The standard InChI is InChI=1S/C16H16BrCl2NO/c1-2-21-16-6-5-14(7-12(16)9-18)20-10-11-3-4-13(17)8-15(11)19/h3-8,20H,2,9-10H2,1H3. The van der Waals surface area contributed by atoms with Crippen molar-refractivity contribution in [3.63, 3.8) is 0 Å². The fourth-order valence-corrected chi connectivity index (χ4v) is 2.90. The Labute approximate surface area is 143 Å². The maximum atomic E-state index is 6.21. The van der Waals surface area contributed by atoms with Gasteiger partial charge in [-0.05, 0) is 42.8 Å². The maximum Gasteiger partial charge on any atom is 0.123 e. The molecule has 2 rings (SSSR count). The van der Waals surface area contributed by atoms with Crippen molar-refractivity contribution in [1.82, 2.24) is 0 Å². The molecule has 0 saturated carbocycles. The summed E-state index contributed by atoms with van der Waals surface area (Å²) in [6.45, 7) is 3.24. The lowest BCUT2D eigenvalue weighted by molar-refractivity contribution is 0.337. The van der Waals surface area contributed by atoms with E-state index in [0.717, 1.165) is 32.1 Å². The van der Waals surface area contributed by atoms with Crippen LogP contribution in [0.2, 0.25) is 5.02 Å². The smallest absolute Gasteiger partial charge is 0.123 e. The van der Waals surface area contributed by atoms with Gasteiger partial charge < -0.3 is 10.1 Å². The molecule has 2 aromatic carbocycles. The number of hydrogen-bond acceptors (Lipinski definition) is 2. The minimum atomic E-state index is 0.421. The van der Waals surface area contributed by atoms with Crippen LogP contribution in [0.25, 0.3) is 0 Å². The van der Waals surface area contributed by atoms with Crippen LogP contribution >= 0.6 is 39.1 Å². The molecular weight excluding hydrogens is 373 g/mol. The highest BCUT2D eigenvalue weighted by atomic mass is 79.9. The summed E-state index contributed by atoms with van der Waals surface area (Å²) in [5.74, 6) is 1.25. The minimum Gasteiger partial charge on any atom is -0.494 e. The Bertz CT molecular complexity index is 619. The normalized spacial score (nSPS) is 10.5. The van der Waals surface area contributed by atoms with Gasteiger partial charge in [-0.3, -0.25) is 0 Å². The first-order valence-corrected chi connectivity index (χ1v) is 8.34. The molecule has 0 heterocycles. The number of alkyl halides is 1. The highest BCUT2D eigenvalue weighted by Gasteiger charge is 2.05. The molecule has 0 aliphatic carbocycles. The average Bonchev–Trinajstić information content (AvgIpc) is 2.47. The lowest BCUT2D eigenvalue weighted by Gasteiger charge is -2.12. The van der Waals surface area contributed by atoms with Gasteiger partial charge in [0.1, 0.15) is 5.75 Å². The number of rotatable bonds is 6. The van der Waals surface area contributed by atoms with Gasteiger partial charge >= 0.3 is 0 Å². The Morgan fingerprint density at radius 2 is 1.95 bits per heavy atom. The molecule has 112 valence electrons. The van der Waals surface area contributed by atoms with E-state index >= 15 is 0 Å². The van der Waals surface area contributed by atoms with E-state index in [9.17, 15) is 0 Å². The molecule has 0 saturated heterocycles. The summed E-state index contributed by atoms with van der Waals surface area (Å²) in [7, 11) is 0. The molecule has 0 aliphatic rings. The Balaban J connectivity index is 2.09. The van der Waals surface area contributed by atoms with Crippen molar-refractivity contribution in [3.8, 4) is 5.75 Å². The summed E-state index contributed by atoms with van der Waals surface area (Å²) >= 11 is 15.6. The summed E-state index contributed by atoms with van der Waals surface area (Å²) in [5, 5.41) is 4.09. The van der Waals surface area contributed by atoms with Gasteiger partial charge in [0.05, 0.1) is 12.5 Å². The Kier molecular flexibility index (Phi) is 6.22. The van der Waals surface area contributed by atoms with E-state index < -0.39 is 0 Å². The van der Waals surface area contributed by atoms with Crippen LogP contribution in [0, 0.1) is 0 Å². The number of anilines is 1. The molecule has 1 N–H and O–H groups in total. The molecule has 0 radical (unpaired) electrons. The summed E-state index contributed by atoms with van der Waals surface area (Å²) in [6, 6.07) is 11.8. The molecule has 0 spiro atoms.